The van der Waals surface area contributed by atoms with Crippen molar-refractivity contribution in [1.82, 2.24) is 5.32 Å². The number of rotatable bonds is 3. The van der Waals surface area contributed by atoms with Crippen LogP contribution in [-0.4, -0.2) is 18.1 Å². The second-order valence-electron chi connectivity index (χ2n) is 7.65. The molecule has 21 heavy (non-hydrogen) atoms. The smallest absolute Gasteiger partial charge is 0.0306 e. The van der Waals surface area contributed by atoms with Gasteiger partial charge in [0.1, 0.15) is 0 Å². The molecule has 0 atom stereocenters. The third kappa shape index (κ3) is 6.28. The molecule has 0 heterocycles. The van der Waals surface area contributed by atoms with Crippen LogP contribution in [0.5, 0.6) is 0 Å². The van der Waals surface area contributed by atoms with E-state index in [1.54, 1.807) is 0 Å². The van der Waals surface area contributed by atoms with E-state index in [4.69, 9.17) is 5.73 Å². The van der Waals surface area contributed by atoms with Gasteiger partial charge in [0.25, 0.3) is 0 Å². The molecule has 0 aromatic carbocycles. The van der Waals surface area contributed by atoms with Crippen LogP contribution in [0.1, 0.15) is 103 Å². The lowest BCUT2D eigenvalue weighted by atomic mass is 9.83. The molecule has 2 aliphatic rings. The Labute approximate surface area is 132 Å². The minimum Gasteiger partial charge on any atom is -0.329 e. The van der Waals surface area contributed by atoms with Gasteiger partial charge >= 0.3 is 0 Å². The Morgan fingerprint density at radius 3 is 1.57 bits per heavy atom. The molecular formula is C19H38N2. The summed E-state index contributed by atoms with van der Waals surface area (Å²) < 4.78 is 0. The summed E-state index contributed by atoms with van der Waals surface area (Å²) >= 11 is 0. The second-order valence-corrected chi connectivity index (χ2v) is 7.65. The molecule has 2 saturated carbocycles. The summed E-state index contributed by atoms with van der Waals surface area (Å²) in [6.07, 6.45) is 22.4. The Morgan fingerprint density at radius 1 is 0.667 bits per heavy atom. The topological polar surface area (TPSA) is 38.0 Å². The van der Waals surface area contributed by atoms with Crippen molar-refractivity contribution < 1.29 is 0 Å². The van der Waals surface area contributed by atoms with Gasteiger partial charge in [0, 0.05) is 18.1 Å². The van der Waals surface area contributed by atoms with Gasteiger partial charge in [0.15, 0.2) is 0 Å². The van der Waals surface area contributed by atoms with E-state index in [0.29, 0.717) is 0 Å². The zero-order chi connectivity index (χ0) is 14.8. The van der Waals surface area contributed by atoms with Gasteiger partial charge in [-0.1, -0.05) is 77.0 Å². The van der Waals surface area contributed by atoms with Crippen molar-refractivity contribution in [2.75, 3.05) is 6.54 Å². The molecule has 2 nitrogen and oxygen atoms in total. The van der Waals surface area contributed by atoms with Crippen LogP contribution in [0.15, 0.2) is 0 Å². The van der Waals surface area contributed by atoms with E-state index < -0.39 is 0 Å². The summed E-state index contributed by atoms with van der Waals surface area (Å²) in [5.41, 5.74) is 6.52. The van der Waals surface area contributed by atoms with Gasteiger partial charge in [0.05, 0.1) is 0 Å². The van der Waals surface area contributed by atoms with Crippen LogP contribution in [-0.2, 0) is 0 Å². The average Bonchev–Trinajstić information content (AvgIpc) is 2.51. The van der Waals surface area contributed by atoms with E-state index in [-0.39, 0.29) is 5.54 Å². The second kappa shape index (κ2) is 9.84. The highest BCUT2D eigenvalue weighted by Gasteiger charge is 2.30. The van der Waals surface area contributed by atoms with Crippen LogP contribution in [0.2, 0.25) is 0 Å². The number of nitrogens with two attached hydrogens (primary N) is 1. The molecule has 0 aromatic heterocycles. The van der Waals surface area contributed by atoms with Gasteiger partial charge < -0.3 is 11.1 Å². The van der Waals surface area contributed by atoms with Crippen molar-refractivity contribution >= 4 is 0 Å². The quantitative estimate of drug-likeness (QED) is 0.776. The predicted molar refractivity (Wildman–Crippen MR) is 92.6 cm³/mol. The fraction of sp³-hybridized carbons (Fsp3) is 1.00. The minimum atomic E-state index is 0.251. The standard InChI is InChI=1S/C19H38N2/c20-17-19(21-18-13-9-8-10-14-18)15-11-6-4-2-1-3-5-7-12-16-19/h18,21H,1-17,20H2. The first-order chi connectivity index (χ1) is 10.3. The molecule has 0 radical (unpaired) electrons. The summed E-state index contributed by atoms with van der Waals surface area (Å²) in [7, 11) is 0. The largest absolute Gasteiger partial charge is 0.329 e. The third-order valence-electron chi connectivity index (χ3n) is 5.82. The highest BCUT2D eigenvalue weighted by Crippen LogP contribution is 2.27. The van der Waals surface area contributed by atoms with Crippen molar-refractivity contribution in [3.05, 3.63) is 0 Å². The van der Waals surface area contributed by atoms with E-state index in [1.165, 1.54) is 103 Å². The first-order valence-corrected chi connectivity index (χ1v) is 9.82. The molecule has 2 rings (SSSR count). The average molecular weight is 295 g/mol. The minimum absolute atomic E-state index is 0.251. The molecule has 0 aromatic rings. The molecule has 2 aliphatic carbocycles. The van der Waals surface area contributed by atoms with Gasteiger partial charge in [-0.15, -0.1) is 0 Å². The summed E-state index contributed by atoms with van der Waals surface area (Å²) in [5, 5.41) is 4.05. The van der Waals surface area contributed by atoms with Crippen LogP contribution in [0.4, 0.5) is 0 Å². The lowest BCUT2D eigenvalue weighted by molar-refractivity contribution is 0.213. The van der Waals surface area contributed by atoms with E-state index in [0.717, 1.165) is 12.6 Å². The zero-order valence-corrected chi connectivity index (χ0v) is 14.2. The first-order valence-electron chi connectivity index (χ1n) is 9.82. The Hall–Kier alpha value is -0.0800. The zero-order valence-electron chi connectivity index (χ0n) is 14.2. The lowest BCUT2D eigenvalue weighted by Crippen LogP contribution is -2.55. The van der Waals surface area contributed by atoms with E-state index >= 15 is 0 Å². The summed E-state index contributed by atoms with van der Waals surface area (Å²) in [4.78, 5) is 0. The third-order valence-corrected chi connectivity index (χ3v) is 5.82. The van der Waals surface area contributed by atoms with Crippen LogP contribution in [0.3, 0.4) is 0 Å². The van der Waals surface area contributed by atoms with Crippen molar-refractivity contribution in [2.45, 2.75) is 114 Å². The maximum Gasteiger partial charge on any atom is 0.0306 e. The maximum atomic E-state index is 6.27. The molecule has 0 saturated heterocycles. The van der Waals surface area contributed by atoms with Crippen molar-refractivity contribution in [3.63, 3.8) is 0 Å². The number of hydrogen-bond acceptors (Lipinski definition) is 2. The number of nitrogens with one attached hydrogen (secondary N) is 1. The van der Waals surface area contributed by atoms with E-state index in [2.05, 4.69) is 5.32 Å². The molecule has 0 bridgehead atoms. The van der Waals surface area contributed by atoms with Gasteiger partial charge in [0.2, 0.25) is 0 Å². The van der Waals surface area contributed by atoms with Crippen LogP contribution >= 0.6 is 0 Å². The molecule has 124 valence electrons. The van der Waals surface area contributed by atoms with Crippen molar-refractivity contribution in [1.29, 1.82) is 0 Å². The molecule has 0 spiro atoms. The lowest BCUT2D eigenvalue weighted by Gasteiger charge is -2.39. The van der Waals surface area contributed by atoms with Gasteiger partial charge in [-0.3, -0.25) is 0 Å². The molecule has 0 aliphatic heterocycles. The molecule has 2 fully saturated rings. The van der Waals surface area contributed by atoms with Crippen LogP contribution in [0, 0.1) is 0 Å². The van der Waals surface area contributed by atoms with E-state index in [9.17, 15) is 0 Å². The van der Waals surface area contributed by atoms with Gasteiger partial charge in [-0.05, 0) is 25.7 Å². The van der Waals surface area contributed by atoms with Crippen molar-refractivity contribution in [2.24, 2.45) is 5.73 Å². The van der Waals surface area contributed by atoms with Gasteiger partial charge in [-0.25, -0.2) is 0 Å². The molecule has 0 unspecified atom stereocenters. The van der Waals surface area contributed by atoms with Crippen LogP contribution < -0.4 is 11.1 Å². The molecule has 2 heteroatoms. The fourth-order valence-corrected chi connectivity index (χ4v) is 4.38. The monoisotopic (exact) mass is 294 g/mol. The Morgan fingerprint density at radius 2 is 1.10 bits per heavy atom. The summed E-state index contributed by atoms with van der Waals surface area (Å²) in [6.45, 7) is 0.837. The summed E-state index contributed by atoms with van der Waals surface area (Å²) in [5.74, 6) is 0. The van der Waals surface area contributed by atoms with Gasteiger partial charge in [-0.2, -0.15) is 0 Å². The fourth-order valence-electron chi connectivity index (χ4n) is 4.38. The predicted octanol–water partition coefficient (Wildman–Crippen LogP) is 4.91. The Balaban J connectivity index is 1.89. The Kier molecular flexibility index (Phi) is 8.10. The molecular weight excluding hydrogens is 256 g/mol. The first kappa shape index (κ1) is 17.3. The SMILES string of the molecule is NCC1(NC2CCCCC2)CCCCCCCCCCC1. The molecule has 3 N–H and O–H groups in total. The molecule has 0 amide bonds. The Bertz CT molecular complexity index is 246. The normalized spacial score (nSPS) is 26.7. The van der Waals surface area contributed by atoms with Crippen molar-refractivity contribution in [3.8, 4) is 0 Å². The summed E-state index contributed by atoms with van der Waals surface area (Å²) in [6, 6.07) is 0.746. The number of hydrogen-bond donors (Lipinski definition) is 2. The highest BCUT2D eigenvalue weighted by molar-refractivity contribution is 4.92. The highest BCUT2D eigenvalue weighted by atomic mass is 15.0. The van der Waals surface area contributed by atoms with Crippen LogP contribution in [0.25, 0.3) is 0 Å². The maximum absolute atomic E-state index is 6.27. The van der Waals surface area contributed by atoms with E-state index in [1.807, 2.05) is 0 Å².